The van der Waals surface area contributed by atoms with Gasteiger partial charge in [-0.3, -0.25) is 0 Å². The number of hydrogen-bond donors (Lipinski definition) is 2. The molecule has 1 unspecified atom stereocenters. The Labute approximate surface area is 120 Å². The van der Waals surface area contributed by atoms with Gasteiger partial charge in [-0.15, -0.1) is 0 Å². The topological polar surface area (TPSA) is 84.0 Å². The van der Waals surface area contributed by atoms with Crippen LogP contribution in [0.15, 0.2) is 6.07 Å². The summed E-state index contributed by atoms with van der Waals surface area (Å²) in [6.45, 7) is 4.72. The van der Waals surface area contributed by atoms with E-state index in [2.05, 4.69) is 20.6 Å². The number of hydrogen-bond acceptors (Lipinski definition) is 6. The van der Waals surface area contributed by atoms with Crippen LogP contribution in [0.4, 0.5) is 11.6 Å². The molecule has 1 atom stereocenters. The van der Waals surface area contributed by atoms with E-state index in [9.17, 15) is 8.42 Å². The lowest BCUT2D eigenvalue weighted by Gasteiger charge is -2.13. The number of nitrogens with one attached hydrogen (secondary N) is 2. The van der Waals surface area contributed by atoms with E-state index < -0.39 is 9.84 Å². The normalized spacial score (nSPS) is 21.1. The van der Waals surface area contributed by atoms with Crippen molar-refractivity contribution in [3.05, 3.63) is 11.9 Å². The second-order valence-electron chi connectivity index (χ2n) is 5.55. The first-order valence-corrected chi connectivity index (χ1v) is 8.73. The Morgan fingerprint density at radius 3 is 2.60 bits per heavy atom. The van der Waals surface area contributed by atoms with Crippen LogP contribution in [0.25, 0.3) is 0 Å². The molecule has 20 heavy (non-hydrogen) atoms. The lowest BCUT2D eigenvalue weighted by atomic mass is 10.1. The number of aromatic nitrogens is 2. The van der Waals surface area contributed by atoms with Gasteiger partial charge in [-0.05, 0) is 12.3 Å². The van der Waals surface area contributed by atoms with Crippen molar-refractivity contribution in [1.29, 1.82) is 0 Å². The van der Waals surface area contributed by atoms with Gasteiger partial charge in [-0.1, -0.05) is 13.8 Å². The highest BCUT2D eigenvalue weighted by Crippen LogP contribution is 2.20. The Balaban J connectivity index is 2.04. The first kappa shape index (κ1) is 15.0. The molecule has 6 nitrogen and oxygen atoms in total. The molecule has 2 rings (SSSR count). The summed E-state index contributed by atoms with van der Waals surface area (Å²) in [4.78, 5) is 8.86. The second-order valence-corrected chi connectivity index (χ2v) is 7.78. The molecule has 0 aliphatic carbocycles. The molecule has 2 heterocycles. The molecule has 0 radical (unpaired) electrons. The minimum Gasteiger partial charge on any atom is -0.373 e. The SMILES string of the molecule is CNc1cc(NCC2CCS(=O)(=O)C2)nc(C(C)C)n1. The van der Waals surface area contributed by atoms with Gasteiger partial charge in [-0.25, -0.2) is 18.4 Å². The zero-order chi connectivity index (χ0) is 14.8. The minimum atomic E-state index is -2.82. The van der Waals surface area contributed by atoms with Gasteiger partial charge in [-0.2, -0.15) is 0 Å². The number of rotatable bonds is 5. The van der Waals surface area contributed by atoms with E-state index in [-0.39, 0.29) is 17.6 Å². The molecule has 0 bridgehead atoms. The fourth-order valence-electron chi connectivity index (χ4n) is 2.22. The van der Waals surface area contributed by atoms with Crippen LogP contribution in [0.2, 0.25) is 0 Å². The van der Waals surface area contributed by atoms with Crippen LogP contribution in [0.3, 0.4) is 0 Å². The standard InChI is InChI=1S/C13H22N4O2S/c1-9(2)13-16-11(14-3)6-12(17-13)15-7-10-4-5-20(18,19)8-10/h6,9-10H,4-5,7-8H2,1-3H3,(H2,14,15,16,17). The summed E-state index contributed by atoms with van der Waals surface area (Å²) in [7, 11) is -1.00. The van der Waals surface area contributed by atoms with Crippen LogP contribution in [0.1, 0.15) is 32.0 Å². The van der Waals surface area contributed by atoms with Crippen LogP contribution in [-0.2, 0) is 9.84 Å². The van der Waals surface area contributed by atoms with Crippen LogP contribution >= 0.6 is 0 Å². The van der Waals surface area contributed by atoms with Crippen LogP contribution in [-0.4, -0.2) is 43.5 Å². The molecule has 112 valence electrons. The van der Waals surface area contributed by atoms with Crippen molar-refractivity contribution < 1.29 is 8.42 Å². The Hall–Kier alpha value is -1.37. The van der Waals surface area contributed by atoms with E-state index in [1.165, 1.54) is 0 Å². The Morgan fingerprint density at radius 1 is 1.35 bits per heavy atom. The highest BCUT2D eigenvalue weighted by atomic mass is 32.2. The van der Waals surface area contributed by atoms with Crippen molar-refractivity contribution in [2.75, 3.05) is 35.7 Å². The average molecular weight is 298 g/mol. The zero-order valence-electron chi connectivity index (χ0n) is 12.2. The van der Waals surface area contributed by atoms with Crippen LogP contribution in [0, 0.1) is 5.92 Å². The van der Waals surface area contributed by atoms with E-state index in [0.29, 0.717) is 12.3 Å². The summed E-state index contributed by atoms with van der Waals surface area (Å²) < 4.78 is 22.9. The molecule has 1 aromatic heterocycles. The van der Waals surface area contributed by atoms with E-state index in [1.54, 1.807) is 0 Å². The summed E-state index contributed by atoms with van der Waals surface area (Å²) in [6.07, 6.45) is 0.732. The van der Waals surface area contributed by atoms with Gasteiger partial charge in [0.25, 0.3) is 0 Å². The van der Waals surface area contributed by atoms with Gasteiger partial charge in [0.1, 0.15) is 17.5 Å². The quantitative estimate of drug-likeness (QED) is 0.857. The van der Waals surface area contributed by atoms with Crippen LogP contribution < -0.4 is 10.6 Å². The molecule has 0 spiro atoms. The average Bonchev–Trinajstić information content (AvgIpc) is 2.75. The maximum absolute atomic E-state index is 11.4. The predicted octanol–water partition coefficient (Wildman–Crippen LogP) is 1.49. The second kappa shape index (κ2) is 5.95. The van der Waals surface area contributed by atoms with Crippen LogP contribution in [0.5, 0.6) is 0 Å². The molecular formula is C13H22N4O2S. The van der Waals surface area contributed by atoms with Gasteiger partial charge in [0.2, 0.25) is 0 Å². The van der Waals surface area contributed by atoms with Crippen molar-refractivity contribution in [3.8, 4) is 0 Å². The van der Waals surface area contributed by atoms with Gasteiger partial charge < -0.3 is 10.6 Å². The largest absolute Gasteiger partial charge is 0.373 e. The third kappa shape index (κ3) is 3.82. The van der Waals surface area contributed by atoms with E-state index in [4.69, 9.17) is 0 Å². The fraction of sp³-hybridized carbons (Fsp3) is 0.692. The first-order chi connectivity index (χ1) is 9.39. The van der Waals surface area contributed by atoms with Gasteiger partial charge in [0.15, 0.2) is 9.84 Å². The van der Waals surface area contributed by atoms with Crippen molar-refractivity contribution in [2.24, 2.45) is 5.92 Å². The monoisotopic (exact) mass is 298 g/mol. The Bertz CT molecular complexity index is 572. The Morgan fingerprint density at radius 2 is 2.05 bits per heavy atom. The van der Waals surface area contributed by atoms with Crippen molar-refractivity contribution in [3.63, 3.8) is 0 Å². The molecule has 1 aliphatic rings. The molecule has 2 N–H and O–H groups in total. The Kier molecular flexibility index (Phi) is 4.47. The molecule has 0 aromatic carbocycles. The van der Waals surface area contributed by atoms with Gasteiger partial charge in [0.05, 0.1) is 11.5 Å². The number of sulfone groups is 1. The van der Waals surface area contributed by atoms with Gasteiger partial charge in [0, 0.05) is 25.6 Å². The highest BCUT2D eigenvalue weighted by Gasteiger charge is 2.27. The van der Waals surface area contributed by atoms with E-state index in [0.717, 1.165) is 23.9 Å². The smallest absolute Gasteiger partial charge is 0.150 e. The lowest BCUT2D eigenvalue weighted by molar-refractivity contribution is 0.595. The first-order valence-electron chi connectivity index (χ1n) is 6.90. The van der Waals surface area contributed by atoms with Crippen molar-refractivity contribution >= 4 is 21.5 Å². The lowest BCUT2D eigenvalue weighted by Crippen LogP contribution is -2.17. The molecule has 1 aliphatic heterocycles. The van der Waals surface area contributed by atoms with E-state index in [1.807, 2.05) is 27.0 Å². The van der Waals surface area contributed by atoms with E-state index >= 15 is 0 Å². The summed E-state index contributed by atoms with van der Waals surface area (Å²) in [6, 6.07) is 1.84. The predicted molar refractivity (Wildman–Crippen MR) is 80.9 cm³/mol. The fourth-order valence-corrected chi connectivity index (χ4v) is 4.09. The molecule has 0 amide bonds. The van der Waals surface area contributed by atoms with Crippen molar-refractivity contribution in [2.45, 2.75) is 26.2 Å². The molecule has 1 fully saturated rings. The third-order valence-corrected chi connectivity index (χ3v) is 5.25. The van der Waals surface area contributed by atoms with Crippen molar-refractivity contribution in [1.82, 2.24) is 9.97 Å². The minimum absolute atomic E-state index is 0.176. The third-order valence-electron chi connectivity index (χ3n) is 3.41. The maximum Gasteiger partial charge on any atom is 0.150 e. The molecule has 1 saturated heterocycles. The number of nitrogens with zero attached hydrogens (tertiary/aromatic N) is 2. The molecule has 0 saturated carbocycles. The van der Waals surface area contributed by atoms with Gasteiger partial charge >= 0.3 is 0 Å². The molecule has 7 heteroatoms. The molecular weight excluding hydrogens is 276 g/mol. The summed E-state index contributed by atoms with van der Waals surface area (Å²) in [5.74, 6) is 3.30. The summed E-state index contributed by atoms with van der Waals surface area (Å²) in [5, 5.41) is 6.26. The highest BCUT2D eigenvalue weighted by molar-refractivity contribution is 7.91. The molecule has 1 aromatic rings. The number of anilines is 2. The maximum atomic E-state index is 11.4. The summed E-state index contributed by atoms with van der Waals surface area (Å²) >= 11 is 0. The summed E-state index contributed by atoms with van der Waals surface area (Å²) in [5.41, 5.74) is 0. The zero-order valence-corrected chi connectivity index (χ0v) is 13.0.